The zero-order chi connectivity index (χ0) is 19.2. The van der Waals surface area contributed by atoms with Crippen LogP contribution in [0.25, 0.3) is 0 Å². The molecule has 0 bridgehead atoms. The molecule has 7 heteroatoms. The van der Waals surface area contributed by atoms with Crippen LogP contribution in [0.15, 0.2) is 59.8 Å². The Kier molecular flexibility index (Phi) is 6.24. The summed E-state index contributed by atoms with van der Waals surface area (Å²) in [4.78, 5) is 12.3. The van der Waals surface area contributed by atoms with Gasteiger partial charge in [0.1, 0.15) is 11.6 Å². The normalized spacial score (nSPS) is 12.0. The van der Waals surface area contributed by atoms with Crippen molar-refractivity contribution in [3.63, 3.8) is 0 Å². The van der Waals surface area contributed by atoms with Crippen molar-refractivity contribution in [1.82, 2.24) is 20.1 Å². The lowest BCUT2D eigenvalue weighted by molar-refractivity contribution is -0.119. The summed E-state index contributed by atoms with van der Waals surface area (Å²) >= 11 is 1.32. The van der Waals surface area contributed by atoms with Crippen molar-refractivity contribution >= 4 is 17.7 Å². The average molecular weight is 384 g/mol. The van der Waals surface area contributed by atoms with Gasteiger partial charge in [-0.05, 0) is 25.5 Å². The van der Waals surface area contributed by atoms with Crippen LogP contribution in [0.2, 0.25) is 0 Å². The zero-order valence-corrected chi connectivity index (χ0v) is 16.0. The molecule has 140 valence electrons. The van der Waals surface area contributed by atoms with Crippen molar-refractivity contribution in [3.05, 3.63) is 77.4 Å². The predicted molar refractivity (Wildman–Crippen MR) is 104 cm³/mol. The zero-order valence-electron chi connectivity index (χ0n) is 15.2. The number of carbonyl (C=O) groups is 1. The number of nitrogens with zero attached hydrogens (tertiary/aromatic N) is 3. The minimum atomic E-state index is -0.400. The number of hydrogen-bond acceptors (Lipinski definition) is 4. The standard InChI is InChI=1S/C20H21FN4OS/c1-14(17-10-6-7-11-18(17)21)22-19(26)13-27-20-24-23-15(2)25(20)12-16-8-4-3-5-9-16/h3-11,14H,12-13H2,1-2H3,(H,22,26)/t14-/m0/s1. The number of aromatic nitrogens is 3. The first-order chi connectivity index (χ1) is 13.0. The maximum atomic E-state index is 13.8. The van der Waals surface area contributed by atoms with Crippen LogP contribution in [0.4, 0.5) is 4.39 Å². The molecule has 27 heavy (non-hydrogen) atoms. The topological polar surface area (TPSA) is 59.8 Å². The molecule has 3 aromatic rings. The molecule has 0 saturated heterocycles. The van der Waals surface area contributed by atoms with E-state index in [0.29, 0.717) is 17.3 Å². The van der Waals surface area contributed by atoms with Gasteiger partial charge < -0.3 is 9.88 Å². The lowest BCUT2D eigenvalue weighted by atomic mass is 10.1. The third-order valence-corrected chi connectivity index (χ3v) is 5.13. The molecule has 5 nitrogen and oxygen atoms in total. The summed E-state index contributed by atoms with van der Waals surface area (Å²) in [5.41, 5.74) is 1.61. The molecule has 3 rings (SSSR count). The van der Waals surface area contributed by atoms with E-state index in [4.69, 9.17) is 0 Å². The van der Waals surface area contributed by atoms with E-state index in [-0.39, 0.29) is 17.5 Å². The van der Waals surface area contributed by atoms with Crippen LogP contribution in [0.5, 0.6) is 0 Å². The Bertz CT molecular complexity index is 913. The highest BCUT2D eigenvalue weighted by atomic mass is 32.2. The Morgan fingerprint density at radius 3 is 2.59 bits per heavy atom. The van der Waals surface area contributed by atoms with Gasteiger partial charge in [-0.2, -0.15) is 0 Å². The number of benzene rings is 2. The lowest BCUT2D eigenvalue weighted by Gasteiger charge is -2.15. The number of aryl methyl sites for hydroxylation is 1. The van der Waals surface area contributed by atoms with Gasteiger partial charge in [0.2, 0.25) is 5.91 Å². The lowest BCUT2D eigenvalue weighted by Crippen LogP contribution is -2.28. The Balaban J connectivity index is 1.60. The molecule has 0 aliphatic rings. The Labute approximate surface area is 162 Å². The SMILES string of the molecule is Cc1nnc(SCC(=O)N[C@@H](C)c2ccccc2F)n1Cc1ccccc1. The first-order valence-corrected chi connectivity index (χ1v) is 9.63. The molecule has 0 fully saturated rings. The molecule has 0 unspecified atom stereocenters. The number of nitrogens with one attached hydrogen (secondary N) is 1. The molecule has 1 amide bonds. The molecule has 0 radical (unpaired) electrons. The van der Waals surface area contributed by atoms with Crippen molar-refractivity contribution in [2.24, 2.45) is 0 Å². The molecule has 0 spiro atoms. The van der Waals surface area contributed by atoms with Gasteiger partial charge in [-0.1, -0.05) is 60.3 Å². The van der Waals surface area contributed by atoms with Crippen LogP contribution in [0.1, 0.15) is 29.9 Å². The third kappa shape index (κ3) is 4.95. The highest BCUT2D eigenvalue weighted by molar-refractivity contribution is 7.99. The summed E-state index contributed by atoms with van der Waals surface area (Å²) in [6.07, 6.45) is 0. The highest BCUT2D eigenvalue weighted by Crippen LogP contribution is 2.20. The molecule has 1 aromatic heterocycles. The number of hydrogen-bond donors (Lipinski definition) is 1. The molecule has 0 aliphatic heterocycles. The molecule has 1 heterocycles. The molecular formula is C20H21FN4OS. The van der Waals surface area contributed by atoms with E-state index in [9.17, 15) is 9.18 Å². The van der Waals surface area contributed by atoms with E-state index in [1.165, 1.54) is 17.8 Å². The Morgan fingerprint density at radius 2 is 1.85 bits per heavy atom. The van der Waals surface area contributed by atoms with Gasteiger partial charge in [-0.25, -0.2) is 4.39 Å². The van der Waals surface area contributed by atoms with Gasteiger partial charge in [0, 0.05) is 5.56 Å². The van der Waals surface area contributed by atoms with Gasteiger partial charge >= 0.3 is 0 Å². The fraction of sp³-hybridized carbons (Fsp3) is 0.250. The first kappa shape index (κ1) is 19.1. The summed E-state index contributed by atoms with van der Waals surface area (Å²) in [6, 6.07) is 16.1. The van der Waals surface area contributed by atoms with Crippen LogP contribution in [-0.2, 0) is 11.3 Å². The van der Waals surface area contributed by atoms with E-state index in [1.807, 2.05) is 41.8 Å². The van der Waals surface area contributed by atoms with Crippen LogP contribution in [0.3, 0.4) is 0 Å². The number of halogens is 1. The van der Waals surface area contributed by atoms with Crippen LogP contribution in [0, 0.1) is 12.7 Å². The molecule has 2 aromatic carbocycles. The number of carbonyl (C=O) groups excluding carboxylic acids is 1. The summed E-state index contributed by atoms with van der Waals surface area (Å²) in [5, 5.41) is 11.8. The quantitative estimate of drug-likeness (QED) is 0.631. The van der Waals surface area contributed by atoms with E-state index in [1.54, 1.807) is 25.1 Å². The van der Waals surface area contributed by atoms with Gasteiger partial charge in [0.15, 0.2) is 5.16 Å². The van der Waals surface area contributed by atoms with Gasteiger partial charge in [-0.3, -0.25) is 4.79 Å². The third-order valence-electron chi connectivity index (χ3n) is 4.17. The maximum Gasteiger partial charge on any atom is 0.230 e. The number of thioether (sulfide) groups is 1. The smallest absolute Gasteiger partial charge is 0.230 e. The van der Waals surface area contributed by atoms with E-state index in [2.05, 4.69) is 15.5 Å². The average Bonchev–Trinajstić information content (AvgIpc) is 3.01. The summed E-state index contributed by atoms with van der Waals surface area (Å²) in [7, 11) is 0. The Morgan fingerprint density at radius 1 is 1.15 bits per heavy atom. The second-order valence-electron chi connectivity index (χ2n) is 6.20. The Hall–Kier alpha value is -2.67. The van der Waals surface area contributed by atoms with Gasteiger partial charge in [-0.15, -0.1) is 10.2 Å². The van der Waals surface area contributed by atoms with Crippen LogP contribution in [-0.4, -0.2) is 26.4 Å². The van der Waals surface area contributed by atoms with Crippen molar-refractivity contribution in [1.29, 1.82) is 0 Å². The highest BCUT2D eigenvalue weighted by Gasteiger charge is 2.15. The summed E-state index contributed by atoms with van der Waals surface area (Å²) in [5.74, 6) is 0.478. The molecule has 1 N–H and O–H groups in total. The van der Waals surface area contributed by atoms with E-state index in [0.717, 1.165) is 11.4 Å². The van der Waals surface area contributed by atoms with Crippen LogP contribution >= 0.6 is 11.8 Å². The number of amides is 1. The second-order valence-corrected chi connectivity index (χ2v) is 7.14. The fourth-order valence-corrected chi connectivity index (χ4v) is 3.53. The summed E-state index contributed by atoms with van der Waals surface area (Å²) < 4.78 is 15.8. The number of rotatable bonds is 7. The molecule has 0 saturated carbocycles. The largest absolute Gasteiger partial charge is 0.349 e. The van der Waals surface area contributed by atoms with Crippen molar-refractivity contribution < 1.29 is 9.18 Å². The fourth-order valence-electron chi connectivity index (χ4n) is 2.73. The van der Waals surface area contributed by atoms with Gasteiger partial charge in [0.05, 0.1) is 18.3 Å². The van der Waals surface area contributed by atoms with E-state index < -0.39 is 6.04 Å². The monoisotopic (exact) mass is 384 g/mol. The second kappa shape index (κ2) is 8.81. The minimum absolute atomic E-state index is 0.178. The molecule has 1 atom stereocenters. The maximum absolute atomic E-state index is 13.8. The molecular weight excluding hydrogens is 363 g/mol. The van der Waals surface area contributed by atoms with Crippen molar-refractivity contribution in [2.75, 3.05) is 5.75 Å². The van der Waals surface area contributed by atoms with Crippen molar-refractivity contribution in [3.8, 4) is 0 Å². The summed E-state index contributed by atoms with van der Waals surface area (Å²) in [6.45, 7) is 4.30. The first-order valence-electron chi connectivity index (χ1n) is 8.65. The van der Waals surface area contributed by atoms with Gasteiger partial charge in [0.25, 0.3) is 0 Å². The van der Waals surface area contributed by atoms with Crippen molar-refractivity contribution in [2.45, 2.75) is 31.6 Å². The molecule has 0 aliphatic carbocycles. The minimum Gasteiger partial charge on any atom is -0.349 e. The van der Waals surface area contributed by atoms with E-state index >= 15 is 0 Å². The van der Waals surface area contributed by atoms with Crippen LogP contribution < -0.4 is 5.32 Å². The predicted octanol–water partition coefficient (Wildman–Crippen LogP) is 3.74.